The summed E-state index contributed by atoms with van der Waals surface area (Å²) in [7, 11) is 7.76. The van der Waals surface area contributed by atoms with Crippen molar-refractivity contribution in [3.63, 3.8) is 0 Å². The fourth-order valence-corrected chi connectivity index (χ4v) is 10.7. The molecule has 3 N–H and O–H groups in total. The molecule has 0 radical (unpaired) electrons. The summed E-state index contributed by atoms with van der Waals surface area (Å²) in [5, 5.41) is 17.0. The highest BCUT2D eigenvalue weighted by Gasteiger charge is 2.38. The number of aromatic hydroxyl groups is 1. The lowest BCUT2D eigenvalue weighted by Crippen LogP contribution is -2.62. The number of methoxy groups -OCH3 is 1. The minimum absolute atomic E-state index is 0.0421. The molecule has 2 saturated heterocycles. The van der Waals surface area contributed by atoms with Crippen molar-refractivity contribution in [2.45, 2.75) is 105 Å². The number of likely N-dealkylation sites (N-methyl/N-ethyl adjacent to an activating group) is 1. The number of phenols is 1. The van der Waals surface area contributed by atoms with Crippen LogP contribution in [0.15, 0.2) is 67.3 Å². The summed E-state index contributed by atoms with van der Waals surface area (Å²) < 4.78 is 14.2. The molecule has 4 aromatic rings. The fraction of sp³-hybridized carbons (Fsp3) is 0.519. The molecule has 3 aromatic carbocycles. The van der Waals surface area contributed by atoms with Crippen molar-refractivity contribution in [2.24, 2.45) is 17.3 Å². The van der Waals surface area contributed by atoms with Crippen LogP contribution in [0, 0.1) is 17.3 Å². The van der Waals surface area contributed by atoms with Crippen molar-refractivity contribution in [3.05, 3.63) is 89.5 Å². The van der Waals surface area contributed by atoms with Gasteiger partial charge in [0.1, 0.15) is 17.8 Å². The number of amides is 3. The van der Waals surface area contributed by atoms with Crippen molar-refractivity contribution in [1.82, 2.24) is 35.0 Å². The van der Waals surface area contributed by atoms with E-state index in [-0.39, 0.29) is 48.3 Å². The molecular weight excluding hydrogens is 859 g/mol. The summed E-state index contributed by atoms with van der Waals surface area (Å²) in [6.45, 7) is 18.3. The maximum atomic E-state index is 14.8. The van der Waals surface area contributed by atoms with Crippen LogP contribution in [0.1, 0.15) is 76.1 Å². The number of cyclic esters (lactones) is 1. The Bertz CT molecular complexity index is 2510. The van der Waals surface area contributed by atoms with Gasteiger partial charge in [-0.2, -0.15) is 0 Å². The molecule has 0 saturated carbocycles. The van der Waals surface area contributed by atoms with Crippen molar-refractivity contribution in [2.75, 3.05) is 61.0 Å². The van der Waals surface area contributed by atoms with Crippen molar-refractivity contribution in [1.29, 1.82) is 0 Å². The quantitative estimate of drug-likeness (QED) is 0.0997. The highest BCUT2D eigenvalue weighted by Crippen LogP contribution is 2.41. The zero-order valence-corrected chi connectivity index (χ0v) is 41.7. The van der Waals surface area contributed by atoms with Crippen LogP contribution < -0.4 is 10.7 Å². The van der Waals surface area contributed by atoms with Gasteiger partial charge in [0.05, 0.1) is 24.9 Å². The number of likely N-dealkylation sites (tertiary alicyclic amines) is 1. The number of nitrogens with zero attached hydrogens (tertiary/aromatic N) is 5. The lowest BCUT2D eigenvalue weighted by atomic mass is 9.84. The van der Waals surface area contributed by atoms with E-state index in [0.717, 1.165) is 57.4 Å². The summed E-state index contributed by atoms with van der Waals surface area (Å²) >= 11 is 0. The van der Waals surface area contributed by atoms with Gasteiger partial charge in [-0.05, 0) is 141 Å². The summed E-state index contributed by atoms with van der Waals surface area (Å²) in [6.07, 6.45) is 3.88. The van der Waals surface area contributed by atoms with Crippen LogP contribution in [0.3, 0.4) is 0 Å². The van der Waals surface area contributed by atoms with Crippen molar-refractivity contribution < 1.29 is 33.8 Å². The molecule has 366 valence electrons. The lowest BCUT2D eigenvalue weighted by molar-refractivity contribution is -0.155. The largest absolute Gasteiger partial charge is 0.508 e. The second kappa shape index (κ2) is 21.4. The molecule has 14 heteroatoms. The van der Waals surface area contributed by atoms with E-state index in [1.54, 1.807) is 24.1 Å². The highest BCUT2D eigenvalue weighted by atomic mass is 16.5. The summed E-state index contributed by atoms with van der Waals surface area (Å²) in [4.78, 5) is 61.6. The van der Waals surface area contributed by atoms with E-state index in [1.165, 1.54) is 16.6 Å². The number of hydrogen-bond acceptors (Lipinski definition) is 10. The van der Waals surface area contributed by atoms with E-state index in [1.807, 2.05) is 31.9 Å². The second-order valence-corrected chi connectivity index (χ2v) is 20.6. The number of aromatic nitrogens is 1. The Balaban J connectivity index is 1.30. The molecule has 1 aromatic heterocycles. The Morgan fingerprint density at radius 3 is 2.49 bits per heavy atom. The van der Waals surface area contributed by atoms with Crippen LogP contribution >= 0.6 is 0 Å². The Labute approximate surface area is 402 Å². The summed E-state index contributed by atoms with van der Waals surface area (Å²) in [5.74, 6) is -1.10. The maximum absolute atomic E-state index is 14.8. The van der Waals surface area contributed by atoms with Gasteiger partial charge in [0.25, 0.3) is 5.91 Å². The molecule has 0 spiro atoms. The van der Waals surface area contributed by atoms with E-state index in [9.17, 15) is 24.3 Å². The van der Waals surface area contributed by atoms with Crippen molar-refractivity contribution in [3.8, 4) is 28.1 Å². The minimum atomic E-state index is -1.04. The van der Waals surface area contributed by atoms with Gasteiger partial charge in [0.2, 0.25) is 11.8 Å². The average molecular weight is 932 g/mol. The third-order valence-corrected chi connectivity index (χ3v) is 13.8. The van der Waals surface area contributed by atoms with Gasteiger partial charge >= 0.3 is 5.97 Å². The molecule has 2 fully saturated rings. The number of rotatable bonds is 13. The number of hydrogen-bond donors (Lipinski definition) is 3. The van der Waals surface area contributed by atoms with Crippen LogP contribution in [0.4, 0.5) is 0 Å². The SMILES string of the molecule is C=CC(=O)N1CC[C@H](CN(C)[C@H](C(=O)N[C@H]2Cc3cc(O)cc(c3)-c3ccc4c(c3)c(c(-c3ccc(CN(C)C)c(COC)c3)n4CC)CC(C)(C)COC(=O)[C@@H]3CCCN(N3)C2=O)C(C)C)C1. The van der Waals surface area contributed by atoms with Gasteiger partial charge < -0.3 is 34.3 Å². The van der Waals surface area contributed by atoms with Gasteiger partial charge in [-0.1, -0.05) is 58.5 Å². The first kappa shape index (κ1) is 50.3. The summed E-state index contributed by atoms with van der Waals surface area (Å²) in [6, 6.07) is 16.0. The van der Waals surface area contributed by atoms with E-state index in [2.05, 4.69) is 98.1 Å². The van der Waals surface area contributed by atoms with Gasteiger partial charge in [-0.15, -0.1) is 0 Å². The number of carbonyl (C=O) groups excluding carboxylic acids is 4. The molecule has 4 heterocycles. The molecule has 14 nitrogen and oxygen atoms in total. The minimum Gasteiger partial charge on any atom is -0.508 e. The fourth-order valence-electron chi connectivity index (χ4n) is 10.7. The van der Waals surface area contributed by atoms with Gasteiger partial charge in [0, 0.05) is 69.1 Å². The Hall–Kier alpha value is -5.54. The Morgan fingerprint density at radius 1 is 1.01 bits per heavy atom. The molecular formula is C54H73N7O7. The number of benzene rings is 3. The molecule has 68 heavy (non-hydrogen) atoms. The highest BCUT2D eigenvalue weighted by molar-refractivity contribution is 5.95. The molecule has 3 aliphatic heterocycles. The smallest absolute Gasteiger partial charge is 0.324 e. The average Bonchev–Trinajstić information content (AvgIpc) is 3.89. The number of hydrazine groups is 1. The third kappa shape index (κ3) is 11.3. The Kier molecular flexibility index (Phi) is 15.8. The van der Waals surface area contributed by atoms with Gasteiger partial charge in [-0.25, -0.2) is 5.43 Å². The molecule has 0 unspecified atom stereocenters. The van der Waals surface area contributed by atoms with Crippen LogP contribution in [-0.2, 0) is 61.2 Å². The zero-order valence-electron chi connectivity index (χ0n) is 41.7. The molecule has 3 amide bonds. The lowest BCUT2D eigenvalue weighted by Gasteiger charge is -2.37. The number of phenolic OH excluding ortho intramolecular Hbond substituents is 1. The Morgan fingerprint density at radius 2 is 1.78 bits per heavy atom. The van der Waals surface area contributed by atoms with Gasteiger partial charge in [-0.3, -0.25) is 29.1 Å². The molecule has 0 aliphatic carbocycles. The standard InChI is InChI=1S/C54H73N7O7/c1-11-48(63)59-21-19-35(30-59)29-58(9)49(34(3)4)51(64)55-46-24-36-22-40(26-42(62)23-36)37-17-18-47-43(27-37)44(28-54(5,6)33-68-53(66)45-14-13-20-61(56-45)52(46)65)50(60(47)12-2)38-15-16-39(31-57(7)8)41(25-38)32-67-10/h11,15-18,22-23,25-27,34-35,45-46,49,56,62H,1,12-14,19-21,24,28-33H2,2-10H3,(H,55,64)/t35-,45+,46+,49+/m1/s1. The van der Waals surface area contributed by atoms with Crippen LogP contribution in [0.25, 0.3) is 33.3 Å². The first-order chi connectivity index (χ1) is 32.4. The molecule has 3 aliphatic rings. The third-order valence-electron chi connectivity index (χ3n) is 13.8. The summed E-state index contributed by atoms with van der Waals surface area (Å²) in [5.41, 5.74) is 11.7. The first-order valence-electron chi connectivity index (χ1n) is 24.3. The molecule has 4 atom stereocenters. The van der Waals surface area contributed by atoms with E-state index >= 15 is 0 Å². The van der Waals surface area contributed by atoms with Crippen LogP contribution in [0.2, 0.25) is 0 Å². The number of nitrogens with one attached hydrogen (secondary N) is 2. The first-order valence-corrected chi connectivity index (χ1v) is 24.3. The van der Waals surface area contributed by atoms with Crippen LogP contribution in [-0.4, -0.2) is 132 Å². The van der Waals surface area contributed by atoms with E-state index in [4.69, 9.17) is 9.47 Å². The maximum Gasteiger partial charge on any atom is 0.324 e. The predicted molar refractivity (Wildman–Crippen MR) is 266 cm³/mol. The number of aryl methyl sites for hydroxylation is 1. The number of carbonyl (C=O) groups is 4. The number of fused-ring (bicyclic) bond motifs is 6. The van der Waals surface area contributed by atoms with E-state index in [0.29, 0.717) is 64.2 Å². The monoisotopic (exact) mass is 932 g/mol. The predicted octanol–water partition coefficient (Wildman–Crippen LogP) is 6.55. The number of ether oxygens (including phenoxy) is 2. The molecule has 6 bridgehead atoms. The van der Waals surface area contributed by atoms with Crippen LogP contribution in [0.5, 0.6) is 5.75 Å². The van der Waals surface area contributed by atoms with Gasteiger partial charge in [0.15, 0.2) is 0 Å². The topological polar surface area (TPSA) is 149 Å². The zero-order chi connectivity index (χ0) is 49.0. The number of esters is 1. The normalized spacial score (nSPS) is 20.5. The second-order valence-electron chi connectivity index (χ2n) is 20.6. The van der Waals surface area contributed by atoms with E-state index < -0.39 is 29.5 Å². The van der Waals surface area contributed by atoms with Crippen molar-refractivity contribution >= 4 is 34.6 Å². The molecule has 7 rings (SSSR count).